The lowest BCUT2D eigenvalue weighted by molar-refractivity contribution is -0.140. The highest BCUT2D eigenvalue weighted by molar-refractivity contribution is 5.77. The van der Waals surface area contributed by atoms with Crippen molar-refractivity contribution >= 4 is 5.91 Å². The molecule has 3 rings (SSSR count). The van der Waals surface area contributed by atoms with Gasteiger partial charge in [0, 0.05) is 19.1 Å². The molecule has 0 N–H and O–H groups in total. The molecule has 2 heterocycles. The van der Waals surface area contributed by atoms with Crippen LogP contribution in [0.2, 0.25) is 0 Å². The molecule has 24 heavy (non-hydrogen) atoms. The summed E-state index contributed by atoms with van der Waals surface area (Å²) < 4.78 is 5.66. The first-order chi connectivity index (χ1) is 11.8. The third-order valence-corrected chi connectivity index (χ3v) is 5.26. The quantitative estimate of drug-likeness (QED) is 0.770. The first-order valence-corrected chi connectivity index (χ1v) is 9.46. The minimum atomic E-state index is 0.164. The standard InChI is InChI=1S/C20H30N2O2/c23-20(17-24-16-18-8-2-1-3-9-18)22-14-5-4-10-19(22)11-15-21-12-6-7-13-21/h1-3,8-9,19H,4-7,10-17H2. The third-order valence-electron chi connectivity index (χ3n) is 5.26. The zero-order valence-electron chi connectivity index (χ0n) is 14.7. The van der Waals surface area contributed by atoms with Gasteiger partial charge in [-0.25, -0.2) is 0 Å². The van der Waals surface area contributed by atoms with E-state index in [1.165, 1.54) is 32.4 Å². The Hall–Kier alpha value is -1.39. The van der Waals surface area contributed by atoms with Crippen LogP contribution in [0.5, 0.6) is 0 Å². The number of likely N-dealkylation sites (tertiary alicyclic amines) is 2. The molecule has 2 fully saturated rings. The molecule has 132 valence electrons. The van der Waals surface area contributed by atoms with Gasteiger partial charge in [-0.15, -0.1) is 0 Å². The Morgan fingerprint density at radius 3 is 2.58 bits per heavy atom. The normalized spacial score (nSPS) is 22.0. The molecule has 0 bridgehead atoms. The molecule has 1 aromatic carbocycles. The lowest BCUT2D eigenvalue weighted by Crippen LogP contribution is -2.46. The van der Waals surface area contributed by atoms with Crippen LogP contribution in [-0.2, 0) is 16.1 Å². The summed E-state index contributed by atoms with van der Waals surface area (Å²) in [4.78, 5) is 17.2. The molecule has 0 aliphatic carbocycles. The molecular weight excluding hydrogens is 300 g/mol. The Morgan fingerprint density at radius 1 is 1.04 bits per heavy atom. The highest BCUT2D eigenvalue weighted by atomic mass is 16.5. The van der Waals surface area contributed by atoms with Gasteiger partial charge in [-0.3, -0.25) is 4.79 Å². The minimum Gasteiger partial charge on any atom is -0.367 e. The van der Waals surface area contributed by atoms with Gasteiger partial charge in [0.05, 0.1) is 6.61 Å². The number of hydrogen-bond acceptors (Lipinski definition) is 3. The molecule has 2 aliphatic rings. The van der Waals surface area contributed by atoms with Crippen LogP contribution in [0.3, 0.4) is 0 Å². The van der Waals surface area contributed by atoms with Gasteiger partial charge >= 0.3 is 0 Å². The average molecular weight is 330 g/mol. The molecule has 4 nitrogen and oxygen atoms in total. The van der Waals surface area contributed by atoms with Gasteiger partial charge < -0.3 is 14.5 Å². The van der Waals surface area contributed by atoms with Crippen LogP contribution in [0.1, 0.15) is 44.1 Å². The molecule has 1 amide bonds. The number of carbonyl (C=O) groups is 1. The second-order valence-electron chi connectivity index (χ2n) is 7.05. The van der Waals surface area contributed by atoms with Gasteiger partial charge in [0.25, 0.3) is 0 Å². The first kappa shape index (κ1) is 17.4. The molecule has 2 aliphatic heterocycles. The van der Waals surface area contributed by atoms with Crippen molar-refractivity contribution in [3.63, 3.8) is 0 Å². The van der Waals surface area contributed by atoms with E-state index in [1.807, 2.05) is 30.3 Å². The molecule has 0 spiro atoms. The highest BCUT2D eigenvalue weighted by Gasteiger charge is 2.27. The van der Waals surface area contributed by atoms with Crippen molar-refractivity contribution in [1.82, 2.24) is 9.80 Å². The Labute approximate surface area is 145 Å². The molecular formula is C20H30N2O2. The van der Waals surface area contributed by atoms with Gasteiger partial charge in [0.1, 0.15) is 6.61 Å². The number of ether oxygens (including phenoxy) is 1. The number of amides is 1. The Kier molecular flexibility index (Phi) is 6.67. The molecule has 0 saturated carbocycles. The van der Waals surface area contributed by atoms with Crippen molar-refractivity contribution in [3.05, 3.63) is 35.9 Å². The lowest BCUT2D eigenvalue weighted by atomic mass is 9.99. The summed E-state index contributed by atoms with van der Waals surface area (Å²) in [7, 11) is 0. The summed E-state index contributed by atoms with van der Waals surface area (Å²) in [5, 5.41) is 0. The maximum absolute atomic E-state index is 12.6. The summed E-state index contributed by atoms with van der Waals surface area (Å²) in [6, 6.07) is 10.5. The number of benzene rings is 1. The smallest absolute Gasteiger partial charge is 0.248 e. The second-order valence-corrected chi connectivity index (χ2v) is 7.05. The molecule has 1 atom stereocenters. The number of piperidine rings is 1. The summed E-state index contributed by atoms with van der Waals surface area (Å²) >= 11 is 0. The van der Waals surface area contributed by atoms with E-state index in [9.17, 15) is 4.79 Å². The van der Waals surface area contributed by atoms with Crippen LogP contribution >= 0.6 is 0 Å². The largest absolute Gasteiger partial charge is 0.367 e. The van der Waals surface area contributed by atoms with Crippen LogP contribution < -0.4 is 0 Å². The van der Waals surface area contributed by atoms with Crippen LogP contribution in [0.15, 0.2) is 30.3 Å². The molecule has 0 aromatic heterocycles. The van der Waals surface area contributed by atoms with Crippen molar-refractivity contribution in [2.24, 2.45) is 0 Å². The summed E-state index contributed by atoms with van der Waals surface area (Å²) in [6.07, 6.45) is 7.31. The van der Waals surface area contributed by atoms with Crippen molar-refractivity contribution in [1.29, 1.82) is 0 Å². The van der Waals surface area contributed by atoms with E-state index in [-0.39, 0.29) is 12.5 Å². The fourth-order valence-electron chi connectivity index (χ4n) is 3.88. The predicted octanol–water partition coefficient (Wildman–Crippen LogP) is 3.07. The molecule has 1 unspecified atom stereocenters. The first-order valence-electron chi connectivity index (χ1n) is 9.46. The number of carbonyl (C=O) groups excluding carboxylic acids is 1. The Balaban J connectivity index is 1.43. The monoisotopic (exact) mass is 330 g/mol. The zero-order valence-corrected chi connectivity index (χ0v) is 14.7. The van der Waals surface area contributed by atoms with Crippen LogP contribution in [0.4, 0.5) is 0 Å². The van der Waals surface area contributed by atoms with Gasteiger partial charge in [-0.2, -0.15) is 0 Å². The van der Waals surface area contributed by atoms with Crippen LogP contribution in [0.25, 0.3) is 0 Å². The number of nitrogens with zero attached hydrogens (tertiary/aromatic N) is 2. The molecule has 1 aromatic rings. The van der Waals surface area contributed by atoms with E-state index in [2.05, 4.69) is 9.80 Å². The molecule has 4 heteroatoms. The Bertz CT molecular complexity index is 500. The van der Waals surface area contributed by atoms with Crippen LogP contribution in [-0.4, -0.2) is 54.5 Å². The summed E-state index contributed by atoms with van der Waals surface area (Å²) in [5.41, 5.74) is 1.12. The van der Waals surface area contributed by atoms with E-state index in [0.717, 1.165) is 37.9 Å². The fourth-order valence-corrected chi connectivity index (χ4v) is 3.88. The molecule has 0 radical (unpaired) electrons. The fraction of sp³-hybridized carbons (Fsp3) is 0.650. The number of rotatable bonds is 7. The SMILES string of the molecule is O=C(COCc1ccccc1)N1CCCCC1CCN1CCCC1. The van der Waals surface area contributed by atoms with Gasteiger partial charge in [-0.1, -0.05) is 30.3 Å². The maximum atomic E-state index is 12.6. The van der Waals surface area contributed by atoms with Crippen molar-refractivity contribution < 1.29 is 9.53 Å². The van der Waals surface area contributed by atoms with E-state index in [1.54, 1.807) is 0 Å². The summed E-state index contributed by atoms with van der Waals surface area (Å²) in [6.45, 7) is 5.23. The average Bonchev–Trinajstić information content (AvgIpc) is 3.14. The van der Waals surface area contributed by atoms with Gasteiger partial charge in [0.15, 0.2) is 0 Å². The topological polar surface area (TPSA) is 32.8 Å². The van der Waals surface area contributed by atoms with Crippen molar-refractivity contribution in [3.8, 4) is 0 Å². The zero-order chi connectivity index (χ0) is 16.6. The van der Waals surface area contributed by atoms with E-state index >= 15 is 0 Å². The number of hydrogen-bond donors (Lipinski definition) is 0. The van der Waals surface area contributed by atoms with E-state index < -0.39 is 0 Å². The lowest BCUT2D eigenvalue weighted by Gasteiger charge is -2.36. The third kappa shape index (κ3) is 5.05. The predicted molar refractivity (Wildman–Crippen MR) is 95.7 cm³/mol. The highest BCUT2D eigenvalue weighted by Crippen LogP contribution is 2.21. The maximum Gasteiger partial charge on any atom is 0.248 e. The molecule has 2 saturated heterocycles. The van der Waals surface area contributed by atoms with Crippen molar-refractivity contribution in [2.45, 2.75) is 51.2 Å². The van der Waals surface area contributed by atoms with Gasteiger partial charge in [0.2, 0.25) is 5.91 Å². The van der Waals surface area contributed by atoms with Crippen molar-refractivity contribution in [2.75, 3.05) is 32.8 Å². The van der Waals surface area contributed by atoms with E-state index in [0.29, 0.717) is 12.6 Å². The summed E-state index contributed by atoms with van der Waals surface area (Å²) in [5.74, 6) is 0.164. The minimum absolute atomic E-state index is 0.164. The van der Waals surface area contributed by atoms with E-state index in [4.69, 9.17) is 4.74 Å². The van der Waals surface area contributed by atoms with Gasteiger partial charge in [-0.05, 0) is 57.2 Å². The van der Waals surface area contributed by atoms with Crippen LogP contribution in [0, 0.1) is 0 Å². The second kappa shape index (κ2) is 9.19. The Morgan fingerprint density at radius 2 is 1.79 bits per heavy atom.